The van der Waals surface area contributed by atoms with E-state index in [1.807, 2.05) is 12.1 Å². The van der Waals surface area contributed by atoms with Crippen molar-refractivity contribution in [3.8, 4) is 0 Å². The molecule has 1 saturated heterocycles. The van der Waals surface area contributed by atoms with Gasteiger partial charge in [0.25, 0.3) is 0 Å². The monoisotopic (exact) mass is 272 g/mol. The molecule has 0 amide bonds. The minimum atomic E-state index is 0.418. The Kier molecular flexibility index (Phi) is 2.85. The number of hydrogen-bond acceptors (Lipinski definition) is 3. The largest absolute Gasteiger partial charge is 0.383 e. The first-order valence-electron chi connectivity index (χ1n) is 5.70. The third kappa shape index (κ3) is 1.86. The van der Waals surface area contributed by atoms with Gasteiger partial charge in [0.2, 0.25) is 0 Å². The second-order valence-corrected chi connectivity index (χ2v) is 5.45. The highest BCUT2D eigenvalue weighted by molar-refractivity contribution is 6.42. The number of benzene rings is 1. The summed E-state index contributed by atoms with van der Waals surface area (Å²) in [7, 11) is 2.09. The van der Waals surface area contributed by atoms with E-state index < -0.39 is 0 Å². The molecule has 0 aromatic heterocycles. The molecule has 3 nitrogen and oxygen atoms in total. The minimum Gasteiger partial charge on any atom is -0.383 e. The van der Waals surface area contributed by atoms with E-state index >= 15 is 0 Å². The van der Waals surface area contributed by atoms with Gasteiger partial charge in [0.15, 0.2) is 0 Å². The van der Waals surface area contributed by atoms with E-state index in [9.17, 15) is 0 Å². The van der Waals surface area contributed by atoms with Gasteiger partial charge in [-0.3, -0.25) is 0 Å². The van der Waals surface area contributed by atoms with Gasteiger partial charge in [-0.05, 0) is 12.1 Å². The van der Waals surface area contributed by atoms with Crippen molar-refractivity contribution in [3.05, 3.63) is 22.2 Å². The first-order valence-corrected chi connectivity index (χ1v) is 6.46. The standard InChI is InChI=1S/C12H14Cl2N2O/c1-16-11-3-9(14)8(13)2-10(11)15-4-7-5-17-6-12(7)16/h2-3,7,12,15H,4-6H2,1H3. The Bertz CT molecular complexity index is 452. The van der Waals surface area contributed by atoms with E-state index in [4.69, 9.17) is 27.9 Å². The van der Waals surface area contributed by atoms with Crippen LogP contribution < -0.4 is 10.2 Å². The Morgan fingerprint density at radius 2 is 2.06 bits per heavy atom. The summed E-state index contributed by atoms with van der Waals surface area (Å²) >= 11 is 12.1. The molecule has 2 atom stereocenters. The summed E-state index contributed by atoms with van der Waals surface area (Å²) in [5.41, 5.74) is 2.15. The van der Waals surface area contributed by atoms with Crippen LogP contribution in [0.15, 0.2) is 12.1 Å². The van der Waals surface area contributed by atoms with Crippen molar-refractivity contribution in [2.45, 2.75) is 6.04 Å². The average Bonchev–Trinajstić information content (AvgIpc) is 2.73. The van der Waals surface area contributed by atoms with Crippen LogP contribution in [0.4, 0.5) is 11.4 Å². The van der Waals surface area contributed by atoms with E-state index in [0.29, 0.717) is 22.0 Å². The van der Waals surface area contributed by atoms with Crippen molar-refractivity contribution in [2.75, 3.05) is 37.0 Å². The van der Waals surface area contributed by atoms with Crippen molar-refractivity contribution in [1.82, 2.24) is 0 Å². The molecule has 17 heavy (non-hydrogen) atoms. The maximum absolute atomic E-state index is 6.09. The molecule has 92 valence electrons. The van der Waals surface area contributed by atoms with Gasteiger partial charge in [0.05, 0.1) is 40.7 Å². The SMILES string of the molecule is CN1c2cc(Cl)c(Cl)cc2NCC2COCC21. The number of halogens is 2. The number of anilines is 2. The molecular formula is C12H14Cl2N2O. The highest BCUT2D eigenvalue weighted by Crippen LogP contribution is 2.39. The smallest absolute Gasteiger partial charge is 0.0674 e. The van der Waals surface area contributed by atoms with Crippen LogP contribution in [0.25, 0.3) is 0 Å². The van der Waals surface area contributed by atoms with Crippen LogP contribution in [0.1, 0.15) is 0 Å². The summed E-state index contributed by atoms with van der Waals surface area (Å²) in [6.07, 6.45) is 0. The van der Waals surface area contributed by atoms with E-state index in [0.717, 1.165) is 31.1 Å². The maximum atomic E-state index is 6.09. The molecule has 3 rings (SSSR count). The van der Waals surface area contributed by atoms with Crippen molar-refractivity contribution >= 4 is 34.6 Å². The van der Waals surface area contributed by atoms with E-state index in [1.54, 1.807) is 0 Å². The Hall–Kier alpha value is -0.640. The van der Waals surface area contributed by atoms with E-state index in [1.165, 1.54) is 0 Å². The molecule has 2 aliphatic rings. The normalized spacial score (nSPS) is 27.1. The molecule has 1 aromatic carbocycles. The number of ether oxygens (including phenoxy) is 1. The predicted octanol–water partition coefficient (Wildman–Crippen LogP) is 2.87. The Labute approximate surface area is 111 Å². The van der Waals surface area contributed by atoms with Gasteiger partial charge in [-0.1, -0.05) is 23.2 Å². The zero-order valence-corrected chi connectivity index (χ0v) is 11.1. The van der Waals surface area contributed by atoms with Crippen LogP contribution in [-0.4, -0.2) is 32.8 Å². The minimum absolute atomic E-state index is 0.418. The molecule has 0 aliphatic carbocycles. The van der Waals surface area contributed by atoms with Crippen LogP contribution in [0, 0.1) is 5.92 Å². The second-order valence-electron chi connectivity index (χ2n) is 4.64. The molecule has 1 N–H and O–H groups in total. The molecule has 2 aliphatic heterocycles. The van der Waals surface area contributed by atoms with E-state index in [-0.39, 0.29) is 0 Å². The molecule has 2 heterocycles. The van der Waals surface area contributed by atoms with E-state index in [2.05, 4.69) is 17.3 Å². The fraction of sp³-hybridized carbons (Fsp3) is 0.500. The Balaban J connectivity index is 2.05. The zero-order chi connectivity index (χ0) is 12.0. The van der Waals surface area contributed by atoms with Crippen LogP contribution in [0.2, 0.25) is 10.0 Å². The third-order valence-corrected chi connectivity index (χ3v) is 4.36. The number of rotatable bonds is 0. The van der Waals surface area contributed by atoms with Crippen LogP contribution in [-0.2, 0) is 4.74 Å². The summed E-state index contributed by atoms with van der Waals surface area (Å²) in [5.74, 6) is 0.518. The summed E-state index contributed by atoms with van der Waals surface area (Å²) < 4.78 is 5.55. The number of fused-ring (bicyclic) bond motifs is 2. The summed E-state index contributed by atoms with van der Waals surface area (Å²) in [6.45, 7) is 2.51. The Morgan fingerprint density at radius 1 is 1.29 bits per heavy atom. The fourth-order valence-electron chi connectivity index (χ4n) is 2.60. The van der Waals surface area contributed by atoms with Gasteiger partial charge in [-0.15, -0.1) is 0 Å². The predicted molar refractivity (Wildman–Crippen MR) is 71.5 cm³/mol. The first kappa shape index (κ1) is 11.5. The highest BCUT2D eigenvalue weighted by Gasteiger charge is 2.34. The second kappa shape index (κ2) is 4.23. The van der Waals surface area contributed by atoms with Crippen molar-refractivity contribution < 1.29 is 4.74 Å². The molecule has 0 saturated carbocycles. The lowest BCUT2D eigenvalue weighted by atomic mass is 10.0. The van der Waals surface area contributed by atoms with Gasteiger partial charge in [-0.2, -0.15) is 0 Å². The van der Waals surface area contributed by atoms with Crippen LogP contribution in [0.5, 0.6) is 0 Å². The highest BCUT2D eigenvalue weighted by atomic mass is 35.5. The Morgan fingerprint density at radius 3 is 2.88 bits per heavy atom. The maximum Gasteiger partial charge on any atom is 0.0674 e. The van der Waals surface area contributed by atoms with Crippen molar-refractivity contribution in [2.24, 2.45) is 5.92 Å². The zero-order valence-electron chi connectivity index (χ0n) is 9.54. The number of nitrogens with zero attached hydrogens (tertiary/aromatic N) is 1. The van der Waals surface area contributed by atoms with Gasteiger partial charge in [-0.25, -0.2) is 0 Å². The van der Waals surface area contributed by atoms with Gasteiger partial charge < -0.3 is 15.0 Å². The van der Waals surface area contributed by atoms with Crippen molar-refractivity contribution in [3.63, 3.8) is 0 Å². The third-order valence-electron chi connectivity index (χ3n) is 3.64. The molecular weight excluding hydrogens is 259 g/mol. The summed E-state index contributed by atoms with van der Waals surface area (Å²) in [5, 5.41) is 4.62. The number of nitrogens with one attached hydrogen (secondary N) is 1. The summed E-state index contributed by atoms with van der Waals surface area (Å²) in [4.78, 5) is 2.25. The quantitative estimate of drug-likeness (QED) is 0.786. The number of likely N-dealkylation sites (N-methyl/N-ethyl adjacent to an activating group) is 1. The van der Waals surface area contributed by atoms with Gasteiger partial charge >= 0.3 is 0 Å². The van der Waals surface area contributed by atoms with Gasteiger partial charge in [0.1, 0.15) is 0 Å². The van der Waals surface area contributed by atoms with Crippen LogP contribution >= 0.6 is 23.2 Å². The molecule has 5 heteroatoms. The lowest BCUT2D eigenvalue weighted by Crippen LogP contribution is -2.37. The topological polar surface area (TPSA) is 24.5 Å². The lowest BCUT2D eigenvalue weighted by molar-refractivity contribution is 0.185. The molecule has 1 fully saturated rings. The lowest BCUT2D eigenvalue weighted by Gasteiger charge is -2.27. The first-order chi connectivity index (χ1) is 8.16. The fourth-order valence-corrected chi connectivity index (χ4v) is 2.92. The van der Waals surface area contributed by atoms with Crippen molar-refractivity contribution in [1.29, 1.82) is 0 Å². The molecule has 2 unspecified atom stereocenters. The summed E-state index contributed by atoms with van der Waals surface area (Å²) in [6, 6.07) is 4.24. The molecule has 1 aromatic rings. The molecule has 0 spiro atoms. The average molecular weight is 273 g/mol. The van der Waals surface area contributed by atoms with Crippen LogP contribution in [0.3, 0.4) is 0 Å². The van der Waals surface area contributed by atoms with Gasteiger partial charge in [0, 0.05) is 19.5 Å². The molecule has 0 bridgehead atoms. The number of hydrogen-bond donors (Lipinski definition) is 1. The molecule has 0 radical (unpaired) electrons.